The van der Waals surface area contributed by atoms with Crippen molar-refractivity contribution in [2.75, 3.05) is 21.3 Å². The molecule has 0 bridgehead atoms. The Morgan fingerprint density at radius 2 is 1.95 bits per heavy atom. The minimum absolute atomic E-state index is 0.384. The number of hydrogen-bond acceptors (Lipinski definition) is 4. The summed E-state index contributed by atoms with van der Waals surface area (Å²) in [7, 11) is 4.72. The zero-order valence-electron chi connectivity index (χ0n) is 11.7. The Morgan fingerprint density at radius 1 is 1.26 bits per heavy atom. The average molecular weight is 268 g/mol. The molecule has 0 spiro atoms. The Kier molecular flexibility index (Phi) is 5.63. The van der Waals surface area contributed by atoms with Crippen LogP contribution in [0.5, 0.6) is 11.5 Å². The van der Waals surface area contributed by atoms with Gasteiger partial charge < -0.3 is 19.3 Å². The highest BCUT2D eigenvalue weighted by atomic mass is 16.5. The van der Waals surface area contributed by atoms with Gasteiger partial charge in [-0.05, 0) is 24.1 Å². The zero-order valence-corrected chi connectivity index (χ0v) is 11.7. The normalized spacial score (nSPS) is 12.0. The molecule has 1 aromatic carbocycles. The Morgan fingerprint density at radius 3 is 2.42 bits per heavy atom. The van der Waals surface area contributed by atoms with E-state index in [9.17, 15) is 4.79 Å². The Bertz CT molecular complexity index is 442. The van der Waals surface area contributed by atoms with Crippen molar-refractivity contribution >= 4 is 5.97 Å². The van der Waals surface area contributed by atoms with Crippen LogP contribution in [0.25, 0.3) is 0 Å². The van der Waals surface area contributed by atoms with Crippen molar-refractivity contribution in [3.8, 4) is 11.5 Å². The minimum atomic E-state index is -0.817. The SMILES string of the molecule is COCc1cc(CC(C)C(=O)O)cc(OC)c1OC. The van der Waals surface area contributed by atoms with Crippen LogP contribution < -0.4 is 9.47 Å². The molecule has 106 valence electrons. The van der Waals surface area contributed by atoms with E-state index in [2.05, 4.69) is 0 Å². The molecule has 0 aliphatic carbocycles. The molecular formula is C14H20O5. The predicted octanol–water partition coefficient (Wildman–Crippen LogP) is 2.11. The summed E-state index contributed by atoms with van der Waals surface area (Å²) in [5.74, 6) is -0.0581. The summed E-state index contributed by atoms with van der Waals surface area (Å²) in [4.78, 5) is 10.9. The van der Waals surface area contributed by atoms with Crippen LogP contribution in [0, 0.1) is 5.92 Å². The third-order valence-corrected chi connectivity index (χ3v) is 2.88. The lowest BCUT2D eigenvalue weighted by Gasteiger charge is -2.15. The number of methoxy groups -OCH3 is 3. The molecule has 5 heteroatoms. The summed E-state index contributed by atoms with van der Waals surface area (Å²) < 4.78 is 15.7. The number of carboxylic acid groups (broad SMARTS) is 1. The van der Waals surface area contributed by atoms with E-state index in [1.807, 2.05) is 6.07 Å². The van der Waals surface area contributed by atoms with Gasteiger partial charge in [0.15, 0.2) is 11.5 Å². The standard InChI is InChI=1S/C14H20O5/c1-9(14(15)16)5-10-6-11(8-17-2)13(19-4)12(7-10)18-3/h6-7,9H,5,8H2,1-4H3,(H,15,16). The van der Waals surface area contributed by atoms with Crippen molar-refractivity contribution in [2.45, 2.75) is 20.0 Å². The molecule has 0 radical (unpaired) electrons. The molecule has 0 amide bonds. The van der Waals surface area contributed by atoms with E-state index in [4.69, 9.17) is 19.3 Å². The highest BCUT2D eigenvalue weighted by Gasteiger charge is 2.16. The van der Waals surface area contributed by atoms with Gasteiger partial charge in [0.25, 0.3) is 0 Å². The maximum absolute atomic E-state index is 10.9. The Hall–Kier alpha value is -1.75. The second kappa shape index (κ2) is 6.99. The predicted molar refractivity (Wildman–Crippen MR) is 70.8 cm³/mol. The molecule has 0 heterocycles. The summed E-state index contributed by atoms with van der Waals surface area (Å²) in [6, 6.07) is 3.70. The fraction of sp³-hybridized carbons (Fsp3) is 0.500. The summed E-state index contributed by atoms with van der Waals surface area (Å²) in [5.41, 5.74) is 1.73. The molecule has 0 aliphatic heterocycles. The summed E-state index contributed by atoms with van der Waals surface area (Å²) in [5, 5.41) is 8.96. The number of carboxylic acids is 1. The molecule has 0 aliphatic rings. The first kappa shape index (κ1) is 15.3. The molecule has 1 N–H and O–H groups in total. The van der Waals surface area contributed by atoms with E-state index in [1.54, 1.807) is 34.3 Å². The van der Waals surface area contributed by atoms with Crippen molar-refractivity contribution in [1.29, 1.82) is 0 Å². The molecule has 0 saturated heterocycles. The Labute approximate surface area is 113 Å². The van der Waals surface area contributed by atoms with Crippen LogP contribution in [-0.2, 0) is 22.6 Å². The van der Waals surface area contributed by atoms with Gasteiger partial charge >= 0.3 is 5.97 Å². The lowest BCUT2D eigenvalue weighted by Crippen LogP contribution is -2.12. The summed E-state index contributed by atoms with van der Waals surface area (Å²) >= 11 is 0. The van der Waals surface area contributed by atoms with Crippen molar-refractivity contribution in [3.63, 3.8) is 0 Å². The van der Waals surface area contributed by atoms with Gasteiger partial charge in [-0.15, -0.1) is 0 Å². The van der Waals surface area contributed by atoms with Crippen LogP contribution >= 0.6 is 0 Å². The van der Waals surface area contributed by atoms with Crippen molar-refractivity contribution in [2.24, 2.45) is 5.92 Å². The van der Waals surface area contributed by atoms with Crippen LogP contribution in [0.2, 0.25) is 0 Å². The fourth-order valence-electron chi connectivity index (χ4n) is 1.93. The number of carbonyl (C=O) groups is 1. The molecule has 1 aromatic rings. The number of ether oxygens (including phenoxy) is 3. The summed E-state index contributed by atoms with van der Waals surface area (Å²) in [6.45, 7) is 2.06. The second-order valence-electron chi connectivity index (χ2n) is 4.37. The topological polar surface area (TPSA) is 65.0 Å². The van der Waals surface area contributed by atoms with E-state index < -0.39 is 11.9 Å². The van der Waals surface area contributed by atoms with E-state index in [-0.39, 0.29) is 0 Å². The van der Waals surface area contributed by atoms with Crippen LogP contribution in [0.15, 0.2) is 12.1 Å². The molecular weight excluding hydrogens is 248 g/mol. The van der Waals surface area contributed by atoms with Gasteiger partial charge in [-0.1, -0.05) is 6.92 Å². The molecule has 1 atom stereocenters. The van der Waals surface area contributed by atoms with E-state index in [1.165, 1.54) is 0 Å². The Balaban J connectivity index is 3.12. The largest absolute Gasteiger partial charge is 0.493 e. The number of rotatable bonds is 7. The highest BCUT2D eigenvalue weighted by molar-refractivity contribution is 5.70. The lowest BCUT2D eigenvalue weighted by molar-refractivity contribution is -0.141. The third kappa shape index (κ3) is 3.86. The van der Waals surface area contributed by atoms with Crippen molar-refractivity contribution < 1.29 is 24.1 Å². The molecule has 0 saturated carbocycles. The van der Waals surface area contributed by atoms with Crippen LogP contribution in [0.4, 0.5) is 0 Å². The van der Waals surface area contributed by atoms with Crippen LogP contribution in [-0.4, -0.2) is 32.4 Å². The number of hydrogen-bond donors (Lipinski definition) is 1. The number of benzene rings is 1. The molecule has 0 aromatic heterocycles. The van der Waals surface area contributed by atoms with Crippen molar-refractivity contribution in [1.82, 2.24) is 0 Å². The van der Waals surface area contributed by atoms with Gasteiger partial charge in [-0.25, -0.2) is 0 Å². The monoisotopic (exact) mass is 268 g/mol. The van der Waals surface area contributed by atoms with Gasteiger partial charge in [0.05, 0.1) is 26.7 Å². The first-order valence-corrected chi connectivity index (χ1v) is 5.99. The molecule has 19 heavy (non-hydrogen) atoms. The van der Waals surface area contributed by atoms with E-state index in [0.717, 1.165) is 11.1 Å². The zero-order chi connectivity index (χ0) is 14.4. The highest BCUT2D eigenvalue weighted by Crippen LogP contribution is 2.33. The maximum Gasteiger partial charge on any atom is 0.306 e. The molecule has 1 unspecified atom stereocenters. The van der Waals surface area contributed by atoms with Gasteiger partial charge in [-0.2, -0.15) is 0 Å². The molecule has 0 fully saturated rings. The van der Waals surface area contributed by atoms with Crippen molar-refractivity contribution in [3.05, 3.63) is 23.3 Å². The maximum atomic E-state index is 10.9. The second-order valence-corrected chi connectivity index (χ2v) is 4.37. The van der Waals surface area contributed by atoms with Gasteiger partial charge in [0.2, 0.25) is 0 Å². The smallest absolute Gasteiger partial charge is 0.306 e. The first-order valence-electron chi connectivity index (χ1n) is 5.99. The fourth-order valence-corrected chi connectivity index (χ4v) is 1.93. The molecule has 1 rings (SSSR count). The van der Waals surface area contributed by atoms with Crippen LogP contribution in [0.3, 0.4) is 0 Å². The minimum Gasteiger partial charge on any atom is -0.493 e. The number of aliphatic carboxylic acids is 1. The van der Waals surface area contributed by atoms with Gasteiger partial charge in [0, 0.05) is 12.7 Å². The van der Waals surface area contributed by atoms with Gasteiger partial charge in [0.1, 0.15) is 0 Å². The lowest BCUT2D eigenvalue weighted by atomic mass is 9.99. The van der Waals surface area contributed by atoms with Crippen LogP contribution in [0.1, 0.15) is 18.1 Å². The van der Waals surface area contributed by atoms with E-state index >= 15 is 0 Å². The molecule has 5 nitrogen and oxygen atoms in total. The summed E-state index contributed by atoms with van der Waals surface area (Å²) in [6.07, 6.45) is 0.437. The average Bonchev–Trinajstić information content (AvgIpc) is 2.38. The van der Waals surface area contributed by atoms with Gasteiger partial charge in [-0.3, -0.25) is 4.79 Å². The first-order chi connectivity index (χ1) is 9.03. The van der Waals surface area contributed by atoms with E-state index in [0.29, 0.717) is 24.5 Å². The quantitative estimate of drug-likeness (QED) is 0.820. The third-order valence-electron chi connectivity index (χ3n) is 2.88.